The number of carbonyl (C=O) groups excluding carboxylic acids is 1. The fourth-order valence-electron chi connectivity index (χ4n) is 1.53. The minimum Gasteiger partial charge on any atom is -0.395 e. The Morgan fingerprint density at radius 2 is 1.95 bits per heavy atom. The zero-order valence-corrected chi connectivity index (χ0v) is 10.5. The highest BCUT2D eigenvalue weighted by Crippen LogP contribution is 2.18. The van der Waals surface area contributed by atoms with Gasteiger partial charge in [0.05, 0.1) is 13.2 Å². The second-order valence-electron chi connectivity index (χ2n) is 3.86. The highest BCUT2D eigenvalue weighted by molar-refractivity contribution is 5.94. The van der Waals surface area contributed by atoms with Crippen molar-refractivity contribution in [2.75, 3.05) is 39.1 Å². The van der Waals surface area contributed by atoms with Crippen LogP contribution in [0.3, 0.4) is 0 Å². The molecule has 1 aromatic rings. The van der Waals surface area contributed by atoms with E-state index in [1.54, 1.807) is 0 Å². The van der Waals surface area contributed by atoms with Gasteiger partial charge in [-0.15, -0.1) is 0 Å². The van der Waals surface area contributed by atoms with Gasteiger partial charge < -0.3 is 20.5 Å². The topological polar surface area (TPSA) is 75.8 Å². The first-order valence-corrected chi connectivity index (χ1v) is 5.64. The average molecular weight is 274 g/mol. The SMILES string of the molecule is COCCN(CCO)C(=O)c1cc(F)c(N)c(F)c1. The first-order valence-electron chi connectivity index (χ1n) is 5.64. The van der Waals surface area contributed by atoms with Crippen LogP contribution >= 0.6 is 0 Å². The Morgan fingerprint density at radius 3 is 2.42 bits per heavy atom. The van der Waals surface area contributed by atoms with E-state index in [2.05, 4.69) is 0 Å². The van der Waals surface area contributed by atoms with Gasteiger partial charge in [0, 0.05) is 25.8 Å². The molecule has 5 nitrogen and oxygen atoms in total. The van der Waals surface area contributed by atoms with Crippen molar-refractivity contribution in [3.8, 4) is 0 Å². The molecule has 1 amide bonds. The number of aliphatic hydroxyl groups excluding tert-OH is 1. The quantitative estimate of drug-likeness (QED) is 0.746. The van der Waals surface area contributed by atoms with Crippen LogP contribution in [0.1, 0.15) is 10.4 Å². The fourth-order valence-corrected chi connectivity index (χ4v) is 1.53. The number of anilines is 1. The third-order valence-electron chi connectivity index (χ3n) is 2.55. The van der Waals surface area contributed by atoms with Crippen molar-refractivity contribution in [3.63, 3.8) is 0 Å². The number of nitrogens with zero attached hydrogens (tertiary/aromatic N) is 1. The lowest BCUT2D eigenvalue weighted by Crippen LogP contribution is -2.36. The molecule has 1 rings (SSSR count). The number of nitrogen functional groups attached to an aromatic ring is 1. The van der Waals surface area contributed by atoms with Crippen molar-refractivity contribution < 1.29 is 23.4 Å². The molecule has 0 spiro atoms. The van der Waals surface area contributed by atoms with Gasteiger partial charge in [-0.1, -0.05) is 0 Å². The zero-order valence-electron chi connectivity index (χ0n) is 10.5. The van der Waals surface area contributed by atoms with E-state index < -0.39 is 23.2 Å². The Labute approximate surface area is 109 Å². The molecule has 106 valence electrons. The summed E-state index contributed by atoms with van der Waals surface area (Å²) in [5.74, 6) is -2.57. The number of hydrogen-bond donors (Lipinski definition) is 2. The van der Waals surface area contributed by atoms with E-state index >= 15 is 0 Å². The molecule has 0 aliphatic rings. The number of ether oxygens (including phenoxy) is 1. The van der Waals surface area contributed by atoms with Crippen LogP contribution in [0.25, 0.3) is 0 Å². The van der Waals surface area contributed by atoms with Crippen molar-refractivity contribution in [1.82, 2.24) is 4.90 Å². The molecule has 0 aromatic heterocycles. The standard InChI is InChI=1S/C12H16F2N2O3/c1-19-5-3-16(2-4-17)12(18)8-6-9(13)11(15)10(14)7-8/h6-7,17H,2-5,15H2,1H3. The number of nitrogens with two attached hydrogens (primary N) is 1. The number of amides is 1. The molecule has 3 N–H and O–H groups in total. The molecular formula is C12H16F2N2O3. The van der Waals surface area contributed by atoms with E-state index in [0.717, 1.165) is 12.1 Å². The minimum atomic E-state index is -0.987. The van der Waals surface area contributed by atoms with E-state index in [4.69, 9.17) is 15.6 Å². The molecule has 0 aliphatic carbocycles. The van der Waals surface area contributed by atoms with Crippen LogP contribution in [0.5, 0.6) is 0 Å². The Kier molecular flexibility index (Phi) is 5.65. The van der Waals surface area contributed by atoms with Gasteiger partial charge in [0.2, 0.25) is 0 Å². The highest BCUT2D eigenvalue weighted by Gasteiger charge is 2.18. The van der Waals surface area contributed by atoms with Crippen LogP contribution in [-0.4, -0.2) is 49.3 Å². The van der Waals surface area contributed by atoms with Gasteiger partial charge in [-0.25, -0.2) is 8.78 Å². The second-order valence-corrected chi connectivity index (χ2v) is 3.86. The summed E-state index contributed by atoms with van der Waals surface area (Å²) in [5.41, 5.74) is 4.35. The Balaban J connectivity index is 2.95. The molecule has 0 heterocycles. The summed E-state index contributed by atoms with van der Waals surface area (Å²) in [7, 11) is 1.46. The lowest BCUT2D eigenvalue weighted by molar-refractivity contribution is 0.0655. The number of carbonyl (C=O) groups is 1. The lowest BCUT2D eigenvalue weighted by atomic mass is 10.1. The molecule has 0 saturated heterocycles. The predicted octanol–water partition coefficient (Wildman–Crippen LogP) is 0.628. The van der Waals surface area contributed by atoms with Crippen molar-refractivity contribution in [2.24, 2.45) is 0 Å². The average Bonchev–Trinajstić information content (AvgIpc) is 2.39. The third-order valence-corrected chi connectivity index (χ3v) is 2.55. The fraction of sp³-hybridized carbons (Fsp3) is 0.417. The maximum Gasteiger partial charge on any atom is 0.254 e. The van der Waals surface area contributed by atoms with E-state index in [-0.39, 0.29) is 31.9 Å². The van der Waals surface area contributed by atoms with Crippen LogP contribution in [0.4, 0.5) is 14.5 Å². The van der Waals surface area contributed by atoms with E-state index in [9.17, 15) is 13.6 Å². The van der Waals surface area contributed by atoms with Crippen molar-refractivity contribution in [1.29, 1.82) is 0 Å². The molecule has 7 heteroatoms. The van der Waals surface area contributed by atoms with Crippen LogP contribution < -0.4 is 5.73 Å². The molecule has 1 aromatic carbocycles. The Bertz CT molecular complexity index is 432. The first-order chi connectivity index (χ1) is 9.01. The normalized spacial score (nSPS) is 10.5. The molecule has 0 atom stereocenters. The molecule has 0 aliphatic heterocycles. The molecule has 19 heavy (non-hydrogen) atoms. The van der Waals surface area contributed by atoms with Crippen molar-refractivity contribution in [2.45, 2.75) is 0 Å². The van der Waals surface area contributed by atoms with Crippen molar-refractivity contribution in [3.05, 3.63) is 29.3 Å². The molecule has 0 unspecified atom stereocenters. The van der Waals surface area contributed by atoms with Crippen LogP contribution in [0.2, 0.25) is 0 Å². The van der Waals surface area contributed by atoms with E-state index in [1.165, 1.54) is 12.0 Å². The van der Waals surface area contributed by atoms with Gasteiger partial charge in [0.25, 0.3) is 5.91 Å². The van der Waals surface area contributed by atoms with E-state index in [1.807, 2.05) is 0 Å². The maximum absolute atomic E-state index is 13.3. The molecule has 0 radical (unpaired) electrons. The third kappa shape index (κ3) is 3.87. The van der Waals surface area contributed by atoms with Gasteiger partial charge >= 0.3 is 0 Å². The Morgan fingerprint density at radius 1 is 1.37 bits per heavy atom. The monoisotopic (exact) mass is 274 g/mol. The lowest BCUT2D eigenvalue weighted by Gasteiger charge is -2.21. The summed E-state index contributed by atoms with van der Waals surface area (Å²) in [6, 6.07) is 1.75. The summed E-state index contributed by atoms with van der Waals surface area (Å²) in [4.78, 5) is 13.3. The zero-order chi connectivity index (χ0) is 14.4. The number of methoxy groups -OCH3 is 1. The molecule has 0 fully saturated rings. The van der Waals surface area contributed by atoms with Gasteiger partial charge in [-0.2, -0.15) is 0 Å². The number of rotatable bonds is 6. The van der Waals surface area contributed by atoms with Gasteiger partial charge in [0.1, 0.15) is 17.3 Å². The van der Waals surface area contributed by atoms with Gasteiger partial charge in [-0.3, -0.25) is 4.79 Å². The summed E-state index contributed by atoms with van der Waals surface area (Å²) in [6.45, 7) is 0.264. The number of hydrogen-bond acceptors (Lipinski definition) is 4. The second kappa shape index (κ2) is 7.01. The number of benzene rings is 1. The maximum atomic E-state index is 13.3. The first kappa shape index (κ1) is 15.3. The summed E-state index contributed by atoms with van der Waals surface area (Å²) in [5, 5.41) is 8.88. The summed E-state index contributed by atoms with van der Waals surface area (Å²) < 4.78 is 31.4. The molecular weight excluding hydrogens is 258 g/mol. The number of halogens is 2. The predicted molar refractivity (Wildman–Crippen MR) is 65.6 cm³/mol. The van der Waals surface area contributed by atoms with Gasteiger partial charge in [0.15, 0.2) is 0 Å². The van der Waals surface area contributed by atoms with Crippen molar-refractivity contribution >= 4 is 11.6 Å². The van der Waals surface area contributed by atoms with E-state index in [0.29, 0.717) is 0 Å². The van der Waals surface area contributed by atoms with Crippen LogP contribution in [-0.2, 0) is 4.74 Å². The Hall–Kier alpha value is -1.73. The number of aliphatic hydroxyl groups is 1. The largest absolute Gasteiger partial charge is 0.395 e. The molecule has 0 bridgehead atoms. The highest BCUT2D eigenvalue weighted by atomic mass is 19.1. The summed E-state index contributed by atoms with van der Waals surface area (Å²) in [6.07, 6.45) is 0. The van der Waals surface area contributed by atoms with Gasteiger partial charge in [-0.05, 0) is 12.1 Å². The van der Waals surface area contributed by atoms with Crippen LogP contribution in [0, 0.1) is 11.6 Å². The smallest absolute Gasteiger partial charge is 0.254 e. The molecule has 0 saturated carbocycles. The summed E-state index contributed by atoms with van der Waals surface area (Å²) >= 11 is 0. The van der Waals surface area contributed by atoms with Crippen LogP contribution in [0.15, 0.2) is 12.1 Å². The minimum absolute atomic E-state index is 0.0514.